The summed E-state index contributed by atoms with van der Waals surface area (Å²) in [6.07, 6.45) is 9.62. The smallest absolute Gasteiger partial charge is 0.244 e. The van der Waals surface area contributed by atoms with Gasteiger partial charge in [-0.2, -0.15) is 5.10 Å². The Balaban J connectivity index is 2.35. The summed E-state index contributed by atoms with van der Waals surface area (Å²) in [5.74, 6) is 0.244. The Morgan fingerprint density at radius 2 is 2.37 bits per heavy atom. The Morgan fingerprint density at radius 1 is 1.58 bits per heavy atom. The van der Waals surface area contributed by atoms with Crippen LogP contribution in [0.2, 0.25) is 0 Å². The number of aryl methyl sites for hydroxylation is 1. The molecule has 0 spiro atoms. The summed E-state index contributed by atoms with van der Waals surface area (Å²) >= 11 is 0. The molecular weight excluding hydrogens is 242 g/mol. The summed E-state index contributed by atoms with van der Waals surface area (Å²) in [6.45, 7) is 2.89. The summed E-state index contributed by atoms with van der Waals surface area (Å²) in [4.78, 5) is 11.6. The van der Waals surface area contributed by atoms with Crippen LogP contribution in [0.1, 0.15) is 31.7 Å². The summed E-state index contributed by atoms with van der Waals surface area (Å²) < 4.78 is 1.69. The predicted molar refractivity (Wildman–Crippen MR) is 75.4 cm³/mol. The largest absolute Gasteiger partial charge is 0.396 e. The molecule has 1 aromatic heterocycles. The number of aromatic nitrogens is 2. The Morgan fingerprint density at radius 3 is 2.95 bits per heavy atom. The van der Waals surface area contributed by atoms with Crippen molar-refractivity contribution >= 4 is 12.0 Å². The van der Waals surface area contributed by atoms with Gasteiger partial charge in [-0.15, -0.1) is 0 Å². The number of carbonyl (C=O) groups is 1. The van der Waals surface area contributed by atoms with Crippen molar-refractivity contribution in [1.82, 2.24) is 15.1 Å². The zero-order chi connectivity index (χ0) is 14.1. The van der Waals surface area contributed by atoms with Crippen molar-refractivity contribution in [2.24, 2.45) is 13.0 Å². The summed E-state index contributed by atoms with van der Waals surface area (Å²) in [6, 6.07) is 0. The molecule has 0 fully saturated rings. The van der Waals surface area contributed by atoms with E-state index in [4.69, 9.17) is 5.11 Å². The Hall–Kier alpha value is -1.62. The maximum Gasteiger partial charge on any atom is 0.244 e. The zero-order valence-electron chi connectivity index (χ0n) is 11.7. The van der Waals surface area contributed by atoms with Crippen LogP contribution in [-0.2, 0) is 11.8 Å². The van der Waals surface area contributed by atoms with Crippen LogP contribution in [0.5, 0.6) is 0 Å². The van der Waals surface area contributed by atoms with Crippen LogP contribution in [0.3, 0.4) is 0 Å². The van der Waals surface area contributed by atoms with Gasteiger partial charge in [-0.1, -0.05) is 13.3 Å². The highest BCUT2D eigenvalue weighted by Crippen LogP contribution is 2.09. The van der Waals surface area contributed by atoms with Crippen LogP contribution in [0.4, 0.5) is 0 Å². The lowest BCUT2D eigenvalue weighted by molar-refractivity contribution is -0.116. The van der Waals surface area contributed by atoms with Gasteiger partial charge in [-0.05, 0) is 24.8 Å². The molecule has 106 valence electrons. The van der Waals surface area contributed by atoms with Gasteiger partial charge in [0.1, 0.15) is 0 Å². The van der Waals surface area contributed by atoms with E-state index in [9.17, 15) is 4.79 Å². The van der Waals surface area contributed by atoms with Crippen LogP contribution in [-0.4, -0.2) is 33.9 Å². The third kappa shape index (κ3) is 6.20. The molecule has 0 radical (unpaired) electrons. The van der Waals surface area contributed by atoms with E-state index in [-0.39, 0.29) is 12.5 Å². The molecule has 0 aliphatic carbocycles. The quantitative estimate of drug-likeness (QED) is 0.697. The first-order valence-corrected chi connectivity index (χ1v) is 6.71. The maximum absolute atomic E-state index is 11.6. The van der Waals surface area contributed by atoms with Gasteiger partial charge < -0.3 is 10.4 Å². The van der Waals surface area contributed by atoms with E-state index >= 15 is 0 Å². The molecule has 5 nitrogen and oxygen atoms in total. The number of hydrogen-bond donors (Lipinski definition) is 2. The van der Waals surface area contributed by atoms with Crippen molar-refractivity contribution in [3.05, 3.63) is 24.0 Å². The molecule has 1 unspecified atom stereocenters. The maximum atomic E-state index is 11.6. The molecule has 0 saturated carbocycles. The molecular formula is C14H23N3O2. The summed E-state index contributed by atoms with van der Waals surface area (Å²) in [5, 5.41) is 15.8. The average Bonchev–Trinajstić information content (AvgIpc) is 2.80. The molecule has 5 heteroatoms. The number of hydrogen-bond acceptors (Lipinski definition) is 3. The van der Waals surface area contributed by atoms with Crippen molar-refractivity contribution in [2.75, 3.05) is 13.2 Å². The van der Waals surface area contributed by atoms with Gasteiger partial charge in [0.15, 0.2) is 0 Å². The van der Waals surface area contributed by atoms with Crippen LogP contribution < -0.4 is 5.32 Å². The number of nitrogens with zero attached hydrogens (tertiary/aromatic N) is 2. The van der Waals surface area contributed by atoms with Gasteiger partial charge in [0, 0.05) is 38.0 Å². The van der Waals surface area contributed by atoms with Crippen LogP contribution in [0, 0.1) is 5.92 Å². The van der Waals surface area contributed by atoms with E-state index in [0.717, 1.165) is 24.8 Å². The van der Waals surface area contributed by atoms with Crippen LogP contribution in [0.15, 0.2) is 18.5 Å². The predicted octanol–water partition coefficient (Wildman–Crippen LogP) is 1.35. The monoisotopic (exact) mass is 265 g/mol. The molecule has 1 amide bonds. The molecule has 19 heavy (non-hydrogen) atoms. The molecule has 1 heterocycles. The minimum atomic E-state index is -0.108. The number of rotatable bonds is 8. The number of carbonyl (C=O) groups excluding carboxylic acids is 1. The molecule has 1 aromatic rings. The highest BCUT2D eigenvalue weighted by Gasteiger charge is 2.07. The van der Waals surface area contributed by atoms with Crippen molar-refractivity contribution in [3.63, 3.8) is 0 Å². The van der Waals surface area contributed by atoms with Gasteiger partial charge in [0.25, 0.3) is 0 Å². The topological polar surface area (TPSA) is 67.2 Å². The second-order valence-corrected chi connectivity index (χ2v) is 4.69. The fourth-order valence-corrected chi connectivity index (χ4v) is 1.94. The summed E-state index contributed by atoms with van der Waals surface area (Å²) in [5.41, 5.74) is 0.901. The van der Waals surface area contributed by atoms with Gasteiger partial charge >= 0.3 is 0 Å². The Bertz CT molecular complexity index is 407. The minimum Gasteiger partial charge on any atom is -0.396 e. The standard InChI is InChI=1S/C14H23N3O2/c1-3-4-12(7-8-18)9-15-14(19)6-5-13-10-16-17(2)11-13/h5-6,10-12,18H,3-4,7-9H2,1-2H3,(H,15,19)/b6-5+. The van der Waals surface area contributed by atoms with Gasteiger partial charge in [-0.3, -0.25) is 9.48 Å². The zero-order valence-corrected chi connectivity index (χ0v) is 11.7. The minimum absolute atomic E-state index is 0.108. The fraction of sp³-hybridized carbons (Fsp3) is 0.571. The van der Waals surface area contributed by atoms with E-state index in [1.807, 2.05) is 13.2 Å². The highest BCUT2D eigenvalue weighted by molar-refractivity contribution is 5.91. The summed E-state index contributed by atoms with van der Waals surface area (Å²) in [7, 11) is 1.83. The van der Waals surface area contributed by atoms with Gasteiger partial charge in [-0.25, -0.2) is 0 Å². The van der Waals surface area contributed by atoms with Crippen molar-refractivity contribution in [3.8, 4) is 0 Å². The molecule has 0 aromatic carbocycles. The molecule has 0 aliphatic rings. The first-order chi connectivity index (χ1) is 9.15. The lowest BCUT2D eigenvalue weighted by Crippen LogP contribution is -2.28. The molecule has 0 saturated heterocycles. The van der Waals surface area contributed by atoms with E-state index < -0.39 is 0 Å². The lowest BCUT2D eigenvalue weighted by atomic mass is 10.0. The van der Waals surface area contributed by atoms with E-state index in [0.29, 0.717) is 12.5 Å². The first-order valence-electron chi connectivity index (χ1n) is 6.71. The second kappa shape index (κ2) is 8.48. The SMILES string of the molecule is CCCC(CCO)CNC(=O)/C=C/c1cnn(C)c1. The van der Waals surface area contributed by atoms with E-state index in [1.54, 1.807) is 17.0 Å². The lowest BCUT2D eigenvalue weighted by Gasteiger charge is -2.14. The molecule has 0 aliphatic heterocycles. The fourth-order valence-electron chi connectivity index (χ4n) is 1.94. The third-order valence-corrected chi connectivity index (χ3v) is 2.95. The number of nitrogens with one attached hydrogen (secondary N) is 1. The van der Waals surface area contributed by atoms with Crippen LogP contribution in [0.25, 0.3) is 6.08 Å². The first kappa shape index (κ1) is 15.4. The van der Waals surface area contributed by atoms with Gasteiger partial charge in [0.05, 0.1) is 6.20 Å². The molecule has 1 rings (SSSR count). The van der Waals surface area contributed by atoms with E-state index in [2.05, 4.69) is 17.3 Å². The van der Waals surface area contributed by atoms with Gasteiger partial charge in [0.2, 0.25) is 5.91 Å². The number of amides is 1. The Labute approximate surface area is 114 Å². The number of aliphatic hydroxyl groups excluding tert-OH is 1. The van der Waals surface area contributed by atoms with E-state index in [1.165, 1.54) is 6.08 Å². The van der Waals surface area contributed by atoms with Crippen molar-refractivity contribution in [1.29, 1.82) is 0 Å². The molecule has 1 atom stereocenters. The van der Waals surface area contributed by atoms with Crippen molar-refractivity contribution in [2.45, 2.75) is 26.2 Å². The van der Waals surface area contributed by atoms with Crippen molar-refractivity contribution < 1.29 is 9.90 Å². The molecule has 2 N–H and O–H groups in total. The molecule has 0 bridgehead atoms. The Kier molecular flexibility index (Phi) is 6.89. The van der Waals surface area contributed by atoms with Crippen LogP contribution >= 0.6 is 0 Å². The normalized spacial score (nSPS) is 12.8. The number of aliphatic hydroxyl groups is 1. The second-order valence-electron chi connectivity index (χ2n) is 4.69. The highest BCUT2D eigenvalue weighted by atomic mass is 16.3. The third-order valence-electron chi connectivity index (χ3n) is 2.95. The average molecular weight is 265 g/mol.